The van der Waals surface area contributed by atoms with Crippen molar-refractivity contribution in [3.05, 3.63) is 69.4 Å². The molecule has 1 N–H and O–H groups in total. The highest BCUT2D eigenvalue weighted by atomic mass is 35.5. The van der Waals surface area contributed by atoms with Crippen molar-refractivity contribution in [2.24, 2.45) is 0 Å². The SMILES string of the molecule is O=C(Nc1cccc([N+](=O)[O-])c1)c1cc2cc(Cl)ccc2o1. The van der Waals surface area contributed by atoms with Crippen LogP contribution in [0.5, 0.6) is 0 Å². The Kier molecular flexibility index (Phi) is 3.52. The molecule has 0 aliphatic rings. The lowest BCUT2D eigenvalue weighted by atomic mass is 10.2. The van der Waals surface area contributed by atoms with E-state index in [1.807, 2.05) is 0 Å². The average Bonchev–Trinajstić information content (AvgIpc) is 2.90. The van der Waals surface area contributed by atoms with Crippen molar-refractivity contribution in [1.29, 1.82) is 0 Å². The van der Waals surface area contributed by atoms with Crippen LogP contribution in [-0.4, -0.2) is 10.8 Å². The highest BCUT2D eigenvalue weighted by molar-refractivity contribution is 6.31. The number of nitrogens with one attached hydrogen (secondary N) is 1. The van der Waals surface area contributed by atoms with Gasteiger partial charge < -0.3 is 9.73 Å². The highest BCUT2D eigenvalue weighted by Gasteiger charge is 2.14. The lowest BCUT2D eigenvalue weighted by Gasteiger charge is -2.02. The van der Waals surface area contributed by atoms with Gasteiger partial charge in [-0.05, 0) is 30.3 Å². The van der Waals surface area contributed by atoms with Crippen LogP contribution in [0.3, 0.4) is 0 Å². The second-order valence-electron chi connectivity index (χ2n) is 4.55. The first kappa shape index (κ1) is 14.1. The maximum Gasteiger partial charge on any atom is 0.291 e. The summed E-state index contributed by atoms with van der Waals surface area (Å²) in [5, 5.41) is 14.5. The van der Waals surface area contributed by atoms with Gasteiger partial charge in [0.05, 0.1) is 4.92 Å². The molecule has 0 atom stereocenters. The lowest BCUT2D eigenvalue weighted by Crippen LogP contribution is -2.10. The lowest BCUT2D eigenvalue weighted by molar-refractivity contribution is -0.384. The van der Waals surface area contributed by atoms with Crippen molar-refractivity contribution in [2.75, 3.05) is 5.32 Å². The van der Waals surface area contributed by atoms with Gasteiger partial charge in [-0.15, -0.1) is 0 Å². The maximum atomic E-state index is 12.1. The molecule has 7 heteroatoms. The Balaban J connectivity index is 1.86. The number of rotatable bonds is 3. The molecule has 1 heterocycles. The summed E-state index contributed by atoms with van der Waals surface area (Å²) in [6.45, 7) is 0. The Morgan fingerprint density at radius 1 is 1.18 bits per heavy atom. The smallest absolute Gasteiger partial charge is 0.291 e. The molecule has 0 saturated carbocycles. The first-order valence-corrected chi connectivity index (χ1v) is 6.65. The molecule has 2 aromatic carbocycles. The van der Waals surface area contributed by atoms with Crippen LogP contribution >= 0.6 is 11.6 Å². The van der Waals surface area contributed by atoms with Gasteiger partial charge in [0, 0.05) is 28.2 Å². The van der Waals surface area contributed by atoms with Crippen molar-refractivity contribution >= 4 is 39.9 Å². The molecule has 6 nitrogen and oxygen atoms in total. The fourth-order valence-electron chi connectivity index (χ4n) is 2.02. The van der Waals surface area contributed by atoms with Gasteiger partial charge in [-0.2, -0.15) is 0 Å². The molecular weight excluding hydrogens is 308 g/mol. The number of hydrogen-bond acceptors (Lipinski definition) is 4. The van der Waals surface area contributed by atoms with Crippen LogP contribution in [0.2, 0.25) is 5.02 Å². The third-order valence-corrected chi connectivity index (χ3v) is 3.25. The van der Waals surface area contributed by atoms with E-state index in [4.69, 9.17) is 16.0 Å². The number of benzene rings is 2. The number of nitro benzene ring substituents is 1. The van der Waals surface area contributed by atoms with E-state index in [9.17, 15) is 14.9 Å². The van der Waals surface area contributed by atoms with Gasteiger partial charge in [-0.1, -0.05) is 17.7 Å². The number of halogens is 1. The van der Waals surface area contributed by atoms with Gasteiger partial charge in [0.25, 0.3) is 11.6 Å². The maximum absolute atomic E-state index is 12.1. The Morgan fingerprint density at radius 2 is 2.00 bits per heavy atom. The van der Waals surface area contributed by atoms with E-state index in [0.717, 1.165) is 0 Å². The predicted molar refractivity (Wildman–Crippen MR) is 82.3 cm³/mol. The Labute approximate surface area is 129 Å². The summed E-state index contributed by atoms with van der Waals surface area (Å²) in [6, 6.07) is 12.3. The third kappa shape index (κ3) is 2.77. The second kappa shape index (κ2) is 5.50. The largest absolute Gasteiger partial charge is 0.451 e. The number of non-ortho nitro benzene ring substituents is 1. The summed E-state index contributed by atoms with van der Waals surface area (Å²) in [5.74, 6) is -0.392. The predicted octanol–water partition coefficient (Wildman–Crippen LogP) is 4.25. The monoisotopic (exact) mass is 316 g/mol. The summed E-state index contributed by atoms with van der Waals surface area (Å²) in [5.41, 5.74) is 0.750. The number of carbonyl (C=O) groups is 1. The van der Waals surface area contributed by atoms with Crippen molar-refractivity contribution in [1.82, 2.24) is 0 Å². The van der Waals surface area contributed by atoms with E-state index in [1.165, 1.54) is 18.2 Å². The summed E-state index contributed by atoms with van der Waals surface area (Å²) in [4.78, 5) is 22.3. The fraction of sp³-hybridized carbons (Fsp3) is 0. The van der Waals surface area contributed by atoms with Crippen molar-refractivity contribution in [3.8, 4) is 0 Å². The number of nitro groups is 1. The summed E-state index contributed by atoms with van der Waals surface area (Å²) < 4.78 is 5.43. The van der Waals surface area contributed by atoms with Crippen LogP contribution in [-0.2, 0) is 0 Å². The molecule has 110 valence electrons. The molecule has 1 aromatic heterocycles. The van der Waals surface area contributed by atoms with E-state index in [1.54, 1.807) is 30.3 Å². The van der Waals surface area contributed by atoms with E-state index in [0.29, 0.717) is 21.7 Å². The molecule has 0 spiro atoms. The number of hydrogen-bond donors (Lipinski definition) is 1. The fourth-order valence-corrected chi connectivity index (χ4v) is 2.20. The van der Waals surface area contributed by atoms with Gasteiger partial charge in [0.2, 0.25) is 0 Å². The topological polar surface area (TPSA) is 85.4 Å². The summed E-state index contributed by atoms with van der Waals surface area (Å²) in [7, 11) is 0. The number of furan rings is 1. The van der Waals surface area contributed by atoms with E-state index in [2.05, 4.69) is 5.32 Å². The van der Waals surface area contributed by atoms with E-state index in [-0.39, 0.29) is 11.4 Å². The summed E-state index contributed by atoms with van der Waals surface area (Å²) >= 11 is 5.88. The first-order chi connectivity index (χ1) is 10.5. The quantitative estimate of drug-likeness (QED) is 0.578. The molecule has 1 amide bonds. The minimum Gasteiger partial charge on any atom is -0.451 e. The first-order valence-electron chi connectivity index (χ1n) is 6.28. The zero-order valence-electron chi connectivity index (χ0n) is 11.1. The van der Waals surface area contributed by atoms with Gasteiger partial charge in [-0.3, -0.25) is 14.9 Å². The molecule has 0 aliphatic carbocycles. The molecule has 0 fully saturated rings. The normalized spacial score (nSPS) is 10.6. The molecule has 0 radical (unpaired) electrons. The molecule has 3 aromatic rings. The molecule has 0 saturated heterocycles. The van der Waals surface area contributed by atoms with Gasteiger partial charge in [0.15, 0.2) is 5.76 Å². The molecule has 0 aliphatic heterocycles. The Morgan fingerprint density at radius 3 is 2.77 bits per heavy atom. The zero-order chi connectivity index (χ0) is 15.7. The number of fused-ring (bicyclic) bond motifs is 1. The number of amides is 1. The van der Waals surface area contributed by atoms with Crippen LogP contribution in [0.15, 0.2) is 52.9 Å². The molecule has 3 rings (SSSR count). The van der Waals surface area contributed by atoms with Gasteiger partial charge in [0.1, 0.15) is 5.58 Å². The third-order valence-electron chi connectivity index (χ3n) is 3.02. The molecule has 0 bridgehead atoms. The van der Waals surface area contributed by atoms with E-state index >= 15 is 0 Å². The molecule has 22 heavy (non-hydrogen) atoms. The van der Waals surface area contributed by atoms with Crippen LogP contribution < -0.4 is 5.32 Å². The van der Waals surface area contributed by atoms with Crippen LogP contribution in [0.25, 0.3) is 11.0 Å². The highest BCUT2D eigenvalue weighted by Crippen LogP contribution is 2.24. The van der Waals surface area contributed by atoms with Crippen LogP contribution in [0.1, 0.15) is 10.6 Å². The Bertz CT molecular complexity index is 888. The average molecular weight is 317 g/mol. The van der Waals surface area contributed by atoms with Gasteiger partial charge in [-0.25, -0.2) is 0 Å². The minimum absolute atomic E-state index is 0.101. The Hall–Kier alpha value is -2.86. The van der Waals surface area contributed by atoms with Crippen LogP contribution in [0, 0.1) is 10.1 Å². The van der Waals surface area contributed by atoms with E-state index < -0.39 is 10.8 Å². The molecular formula is C15H9ClN2O4. The second-order valence-corrected chi connectivity index (χ2v) is 4.99. The summed E-state index contributed by atoms with van der Waals surface area (Å²) in [6.07, 6.45) is 0. The molecule has 0 unspecified atom stereocenters. The number of nitrogens with zero attached hydrogens (tertiary/aromatic N) is 1. The van der Waals surface area contributed by atoms with Crippen molar-refractivity contribution < 1.29 is 14.1 Å². The van der Waals surface area contributed by atoms with Crippen molar-refractivity contribution in [3.63, 3.8) is 0 Å². The number of carbonyl (C=O) groups excluding carboxylic acids is 1. The van der Waals surface area contributed by atoms with Crippen LogP contribution in [0.4, 0.5) is 11.4 Å². The number of anilines is 1. The van der Waals surface area contributed by atoms with Gasteiger partial charge >= 0.3 is 0 Å². The van der Waals surface area contributed by atoms with Crippen molar-refractivity contribution in [2.45, 2.75) is 0 Å². The zero-order valence-corrected chi connectivity index (χ0v) is 11.8. The minimum atomic E-state index is -0.529. The standard InChI is InChI=1S/C15H9ClN2O4/c16-10-4-5-13-9(6-10)7-14(22-13)15(19)17-11-2-1-3-12(8-11)18(20)21/h1-8H,(H,17,19).